The summed E-state index contributed by atoms with van der Waals surface area (Å²) >= 11 is 0. The van der Waals surface area contributed by atoms with Gasteiger partial charge in [-0.05, 0) is 62.6 Å². The molecule has 3 rings (SSSR count). The lowest BCUT2D eigenvalue weighted by molar-refractivity contribution is -0.376. The predicted octanol–water partition coefficient (Wildman–Crippen LogP) is 4.11. The van der Waals surface area contributed by atoms with E-state index in [-0.39, 0.29) is 29.0 Å². The Balaban J connectivity index is 2.09. The maximum atomic E-state index is 14.1. The molecule has 0 unspecified atom stereocenters. The molecule has 0 radical (unpaired) electrons. The van der Waals surface area contributed by atoms with Gasteiger partial charge in [0.25, 0.3) is 15.6 Å². The van der Waals surface area contributed by atoms with Crippen LogP contribution in [-0.2, 0) is 26.8 Å². The van der Waals surface area contributed by atoms with Crippen molar-refractivity contribution in [2.75, 3.05) is 10.8 Å². The number of fused-ring (bicyclic) bond motifs is 1. The number of alkyl halides is 7. The van der Waals surface area contributed by atoms with Crippen LogP contribution in [0.1, 0.15) is 43.4 Å². The monoisotopic (exact) mass is 624 g/mol. The topological polar surface area (TPSA) is 107 Å². The quantitative estimate of drug-likeness (QED) is 0.303. The molecule has 1 aliphatic heterocycles. The fourth-order valence-corrected chi connectivity index (χ4v) is 6.15. The molecule has 0 bridgehead atoms. The van der Waals surface area contributed by atoms with Gasteiger partial charge in [0.05, 0.1) is 28.8 Å². The van der Waals surface area contributed by atoms with Gasteiger partial charge >= 0.3 is 12.4 Å². The fourth-order valence-electron chi connectivity index (χ4n) is 4.44. The number of aryl methyl sites for hydroxylation is 1. The number of hydrogen-bond acceptors (Lipinski definition) is 5. The summed E-state index contributed by atoms with van der Waals surface area (Å²) in [6.45, 7) is 1.74. The Kier molecular flexibility index (Phi) is 8.99. The first-order chi connectivity index (χ1) is 19.1. The molecule has 1 amide bonds. The minimum atomic E-state index is -6.16. The van der Waals surface area contributed by atoms with Crippen molar-refractivity contribution in [3.05, 3.63) is 59.2 Å². The summed E-state index contributed by atoms with van der Waals surface area (Å²) in [6.07, 6.45) is -9.93. The molecule has 2 aromatic rings. The average Bonchev–Trinajstić information content (AvgIpc) is 2.88. The van der Waals surface area contributed by atoms with Crippen molar-refractivity contribution in [1.82, 2.24) is 5.32 Å². The van der Waals surface area contributed by atoms with Gasteiger partial charge in [-0.1, -0.05) is 18.1 Å². The number of aliphatic hydroxyl groups is 2. The number of sulfonamides is 1. The number of hydrogen-bond donors (Lipinski definition) is 3. The number of nitrogens with zero attached hydrogens (tertiary/aromatic N) is 1. The molecule has 0 spiro atoms. The molecule has 2 aromatic carbocycles. The highest BCUT2D eigenvalue weighted by molar-refractivity contribution is 7.92. The molecular formula is C27H27F7N2O5S. The van der Waals surface area contributed by atoms with Gasteiger partial charge in [0, 0.05) is 17.5 Å². The molecule has 0 aliphatic carbocycles. The Bertz CT molecular complexity index is 1450. The highest BCUT2D eigenvalue weighted by Gasteiger charge is 2.71. The standard InChI is InChI=1S/C27H27F7N2O5S/c1-4-16-5-10-20(11-6-16)42(40,41)36-19(14-23(37)35-15-22(28)24(2,3)38)9-7-17-13-18(8-12-21(17)36)25(39,26(29,30)31)27(32,33)34/h1,5-6,8,10-13,19,22,38-39H,7,9,14-15H2,2-3H3,(H,35,37)/t19-,22-/m1/s1. The first-order valence-electron chi connectivity index (χ1n) is 12.4. The molecule has 3 N–H and O–H groups in total. The number of amides is 1. The van der Waals surface area contributed by atoms with Gasteiger partial charge in [-0.25, -0.2) is 12.8 Å². The van der Waals surface area contributed by atoms with Crippen LogP contribution in [0.4, 0.5) is 36.4 Å². The Hall–Kier alpha value is -3.35. The van der Waals surface area contributed by atoms with E-state index in [9.17, 15) is 54.2 Å². The molecule has 0 saturated carbocycles. The third kappa shape index (κ3) is 6.35. The summed E-state index contributed by atoms with van der Waals surface area (Å²) in [6, 6.07) is 5.17. The SMILES string of the molecule is C#Cc1ccc(S(=O)(=O)N2c3ccc(C(O)(C(F)(F)F)C(F)(F)F)cc3CC[C@@H]2CC(=O)NC[C@@H](F)C(C)(C)O)cc1. The van der Waals surface area contributed by atoms with Crippen LogP contribution in [0.3, 0.4) is 0 Å². The highest BCUT2D eigenvalue weighted by atomic mass is 32.2. The fraction of sp³-hybridized carbons (Fsp3) is 0.444. The van der Waals surface area contributed by atoms with Crippen LogP contribution in [0.25, 0.3) is 0 Å². The van der Waals surface area contributed by atoms with Crippen LogP contribution < -0.4 is 9.62 Å². The van der Waals surface area contributed by atoms with Crippen molar-refractivity contribution in [3.8, 4) is 12.3 Å². The van der Waals surface area contributed by atoms with Crippen LogP contribution in [0.5, 0.6) is 0 Å². The Morgan fingerprint density at radius 2 is 1.64 bits per heavy atom. The zero-order valence-corrected chi connectivity index (χ0v) is 23.0. The summed E-state index contributed by atoms with van der Waals surface area (Å²) in [5.74, 6) is 1.48. The minimum absolute atomic E-state index is 0.230. The highest BCUT2D eigenvalue weighted by Crippen LogP contribution is 2.51. The first-order valence-corrected chi connectivity index (χ1v) is 13.8. The van der Waals surface area contributed by atoms with E-state index in [0.717, 1.165) is 12.1 Å². The van der Waals surface area contributed by atoms with Crippen LogP contribution in [0, 0.1) is 12.3 Å². The third-order valence-corrected chi connectivity index (χ3v) is 8.76. The van der Waals surface area contributed by atoms with Crippen molar-refractivity contribution in [2.24, 2.45) is 0 Å². The molecule has 1 heterocycles. The molecule has 0 aromatic heterocycles. The number of rotatable bonds is 8. The molecule has 7 nitrogen and oxygen atoms in total. The van der Waals surface area contributed by atoms with Crippen molar-refractivity contribution >= 4 is 21.6 Å². The third-order valence-electron chi connectivity index (χ3n) is 6.88. The molecule has 42 heavy (non-hydrogen) atoms. The van der Waals surface area contributed by atoms with Gasteiger partial charge in [-0.15, -0.1) is 6.42 Å². The minimum Gasteiger partial charge on any atom is -0.387 e. The number of anilines is 1. The summed E-state index contributed by atoms with van der Waals surface area (Å²) in [7, 11) is -4.59. The van der Waals surface area contributed by atoms with E-state index in [1.165, 1.54) is 26.0 Å². The zero-order valence-electron chi connectivity index (χ0n) is 22.2. The number of terminal acetylenes is 1. The maximum absolute atomic E-state index is 14.1. The number of carbonyl (C=O) groups excluding carboxylic acids is 1. The van der Waals surface area contributed by atoms with Crippen molar-refractivity contribution in [1.29, 1.82) is 0 Å². The first kappa shape index (κ1) is 33.2. The van der Waals surface area contributed by atoms with E-state index >= 15 is 0 Å². The summed E-state index contributed by atoms with van der Waals surface area (Å²) in [5, 5.41) is 21.8. The van der Waals surface area contributed by atoms with Crippen LogP contribution >= 0.6 is 0 Å². The molecule has 230 valence electrons. The number of nitrogens with one attached hydrogen (secondary N) is 1. The zero-order chi connectivity index (χ0) is 31.9. The van der Waals surface area contributed by atoms with Gasteiger partial charge in [-0.3, -0.25) is 9.10 Å². The average molecular weight is 625 g/mol. The van der Waals surface area contributed by atoms with E-state index < -0.39 is 70.2 Å². The Labute approximate surface area is 237 Å². The van der Waals surface area contributed by atoms with Gasteiger partial charge in [0.15, 0.2) is 0 Å². The van der Waals surface area contributed by atoms with E-state index in [1.54, 1.807) is 0 Å². The summed E-state index contributed by atoms with van der Waals surface area (Å²) < 4.78 is 123. The summed E-state index contributed by atoms with van der Waals surface area (Å²) in [4.78, 5) is 12.3. The van der Waals surface area contributed by atoms with Crippen LogP contribution in [-0.4, -0.2) is 61.2 Å². The second-order valence-electron chi connectivity index (χ2n) is 10.3. The largest absolute Gasteiger partial charge is 0.430 e. The lowest BCUT2D eigenvalue weighted by atomic mass is 9.87. The van der Waals surface area contributed by atoms with Crippen molar-refractivity contribution < 1.29 is 54.2 Å². The Morgan fingerprint density at radius 1 is 1.07 bits per heavy atom. The van der Waals surface area contributed by atoms with Crippen LogP contribution in [0.2, 0.25) is 0 Å². The lowest BCUT2D eigenvalue weighted by Crippen LogP contribution is -2.54. The van der Waals surface area contributed by atoms with Crippen molar-refractivity contribution in [2.45, 2.75) is 73.8 Å². The predicted molar refractivity (Wildman–Crippen MR) is 137 cm³/mol. The van der Waals surface area contributed by atoms with E-state index in [4.69, 9.17) is 6.42 Å². The molecule has 2 atom stereocenters. The number of benzene rings is 2. The Morgan fingerprint density at radius 3 is 2.14 bits per heavy atom. The second-order valence-corrected chi connectivity index (χ2v) is 12.2. The molecule has 0 fully saturated rings. The van der Waals surface area contributed by atoms with Gasteiger partial charge < -0.3 is 15.5 Å². The molecular weight excluding hydrogens is 597 g/mol. The van der Waals surface area contributed by atoms with E-state index in [0.29, 0.717) is 28.1 Å². The second kappa shape index (κ2) is 11.4. The van der Waals surface area contributed by atoms with Gasteiger partial charge in [-0.2, -0.15) is 26.3 Å². The smallest absolute Gasteiger partial charge is 0.387 e. The van der Waals surface area contributed by atoms with Crippen LogP contribution in [0.15, 0.2) is 47.4 Å². The number of halogens is 7. The molecule has 0 saturated heterocycles. The van der Waals surface area contributed by atoms with Gasteiger partial charge in [0.1, 0.15) is 6.17 Å². The van der Waals surface area contributed by atoms with Gasteiger partial charge in [0.2, 0.25) is 5.91 Å². The van der Waals surface area contributed by atoms with Crippen molar-refractivity contribution in [3.63, 3.8) is 0 Å². The maximum Gasteiger partial charge on any atom is 0.430 e. The molecule has 1 aliphatic rings. The summed E-state index contributed by atoms with van der Waals surface area (Å²) in [5.41, 5.74) is -8.83. The number of carbonyl (C=O) groups is 1. The van der Waals surface area contributed by atoms with E-state index in [1.807, 2.05) is 0 Å². The normalized spacial score (nSPS) is 17.3. The molecule has 15 heteroatoms. The van der Waals surface area contributed by atoms with E-state index in [2.05, 4.69) is 11.2 Å². The lowest BCUT2D eigenvalue weighted by Gasteiger charge is -2.39.